The molecule has 1 fully saturated rings. The second kappa shape index (κ2) is 7.03. The number of hydrogen-bond acceptors (Lipinski definition) is 5. The number of halogens is 1. The number of hydrogen-bond donors (Lipinski definition) is 1. The summed E-state index contributed by atoms with van der Waals surface area (Å²) in [6.07, 6.45) is 0. The lowest BCUT2D eigenvalue weighted by atomic mass is 10.1. The Labute approximate surface area is 163 Å². The van der Waals surface area contributed by atoms with Crippen molar-refractivity contribution < 1.29 is 12.8 Å². The Bertz CT molecular complexity index is 1140. The van der Waals surface area contributed by atoms with Gasteiger partial charge in [-0.1, -0.05) is 12.1 Å². The van der Waals surface area contributed by atoms with Gasteiger partial charge in [0.05, 0.1) is 11.2 Å². The first-order chi connectivity index (χ1) is 13.3. The third kappa shape index (κ3) is 3.53. The van der Waals surface area contributed by atoms with Crippen LogP contribution in [0.3, 0.4) is 0 Å². The second-order valence-electron chi connectivity index (χ2n) is 6.93. The molecule has 0 bridgehead atoms. The molecule has 2 N–H and O–H groups in total. The maximum Gasteiger partial charge on any atom is 0.240 e. The molecule has 0 atom stereocenters. The van der Waals surface area contributed by atoms with Gasteiger partial charge in [0.1, 0.15) is 10.7 Å². The van der Waals surface area contributed by atoms with Crippen molar-refractivity contribution >= 4 is 32.3 Å². The Morgan fingerprint density at radius 1 is 0.964 bits per heavy atom. The van der Waals surface area contributed by atoms with Gasteiger partial charge < -0.3 is 9.80 Å². The minimum atomic E-state index is -3.79. The predicted molar refractivity (Wildman–Crippen MR) is 109 cm³/mol. The van der Waals surface area contributed by atoms with Gasteiger partial charge in [0, 0.05) is 42.9 Å². The number of piperazine rings is 1. The summed E-state index contributed by atoms with van der Waals surface area (Å²) in [5.74, 6) is -0.292. The lowest BCUT2D eigenvalue weighted by Gasteiger charge is -2.38. The summed E-state index contributed by atoms with van der Waals surface area (Å²) in [4.78, 5) is 8.83. The normalized spacial score (nSPS) is 15.2. The molecule has 2 aromatic carbocycles. The zero-order valence-corrected chi connectivity index (χ0v) is 16.3. The van der Waals surface area contributed by atoms with Gasteiger partial charge in [-0.15, -0.1) is 0 Å². The SMILES string of the molecule is Cc1cc(N2CCN(c3ccccc3S(N)(=O)=O)CC2)c2cc(F)ccc2n1. The van der Waals surface area contributed by atoms with Crippen molar-refractivity contribution in [2.45, 2.75) is 11.8 Å². The number of primary sulfonamides is 1. The van der Waals surface area contributed by atoms with Gasteiger partial charge in [0.2, 0.25) is 10.0 Å². The van der Waals surface area contributed by atoms with Crippen LogP contribution in [0.1, 0.15) is 5.69 Å². The zero-order valence-electron chi connectivity index (χ0n) is 15.5. The van der Waals surface area contributed by atoms with E-state index >= 15 is 0 Å². The highest BCUT2D eigenvalue weighted by Gasteiger charge is 2.24. The third-order valence-electron chi connectivity index (χ3n) is 5.01. The molecular formula is C20H21FN4O2S. The van der Waals surface area contributed by atoms with Crippen LogP contribution in [-0.4, -0.2) is 39.6 Å². The molecule has 1 aliphatic rings. The van der Waals surface area contributed by atoms with E-state index in [-0.39, 0.29) is 10.7 Å². The fraction of sp³-hybridized carbons (Fsp3) is 0.250. The van der Waals surface area contributed by atoms with Crippen molar-refractivity contribution in [2.24, 2.45) is 5.14 Å². The molecule has 8 heteroatoms. The number of pyridine rings is 1. The van der Waals surface area contributed by atoms with E-state index in [2.05, 4.69) is 9.88 Å². The molecular weight excluding hydrogens is 379 g/mol. The number of para-hydroxylation sites is 1. The largest absolute Gasteiger partial charge is 0.367 e. The number of nitrogens with zero attached hydrogens (tertiary/aromatic N) is 3. The maximum atomic E-state index is 13.8. The summed E-state index contributed by atoms with van der Waals surface area (Å²) in [6.45, 7) is 4.53. The minimum Gasteiger partial charge on any atom is -0.367 e. The van der Waals surface area contributed by atoms with Gasteiger partial charge >= 0.3 is 0 Å². The highest BCUT2D eigenvalue weighted by atomic mass is 32.2. The molecule has 1 saturated heterocycles. The summed E-state index contributed by atoms with van der Waals surface area (Å²) in [5.41, 5.74) is 3.20. The Kier molecular flexibility index (Phi) is 4.68. The van der Waals surface area contributed by atoms with E-state index in [0.29, 0.717) is 31.9 Å². The molecule has 0 spiro atoms. The van der Waals surface area contributed by atoms with Crippen LogP contribution in [-0.2, 0) is 10.0 Å². The number of fused-ring (bicyclic) bond motifs is 1. The van der Waals surface area contributed by atoms with Crippen molar-refractivity contribution in [2.75, 3.05) is 36.0 Å². The maximum absolute atomic E-state index is 13.8. The summed E-state index contributed by atoms with van der Waals surface area (Å²) in [5, 5.41) is 6.15. The fourth-order valence-corrected chi connectivity index (χ4v) is 4.47. The Morgan fingerprint density at radius 2 is 1.61 bits per heavy atom. The van der Waals surface area contributed by atoms with Crippen LogP contribution < -0.4 is 14.9 Å². The summed E-state index contributed by atoms with van der Waals surface area (Å²) in [6, 6.07) is 13.4. The molecule has 1 aromatic heterocycles. The van der Waals surface area contributed by atoms with E-state index in [1.807, 2.05) is 17.9 Å². The first-order valence-electron chi connectivity index (χ1n) is 9.01. The number of rotatable bonds is 3. The van der Waals surface area contributed by atoms with E-state index in [1.165, 1.54) is 18.2 Å². The van der Waals surface area contributed by atoms with Crippen molar-refractivity contribution in [1.29, 1.82) is 0 Å². The first kappa shape index (κ1) is 18.6. The van der Waals surface area contributed by atoms with Crippen molar-refractivity contribution in [3.63, 3.8) is 0 Å². The van der Waals surface area contributed by atoms with Gasteiger partial charge in [-0.25, -0.2) is 17.9 Å². The second-order valence-corrected chi connectivity index (χ2v) is 8.46. The summed E-state index contributed by atoms with van der Waals surface area (Å²) >= 11 is 0. The van der Waals surface area contributed by atoms with Crippen molar-refractivity contribution in [3.05, 3.63) is 60.0 Å². The number of sulfonamides is 1. The van der Waals surface area contributed by atoms with E-state index in [4.69, 9.17) is 5.14 Å². The Hall–Kier alpha value is -2.71. The number of anilines is 2. The molecule has 6 nitrogen and oxygen atoms in total. The fourth-order valence-electron chi connectivity index (χ4n) is 3.72. The van der Waals surface area contributed by atoms with E-state index in [0.717, 1.165) is 22.3 Å². The highest BCUT2D eigenvalue weighted by Crippen LogP contribution is 2.30. The Morgan fingerprint density at radius 3 is 2.29 bits per heavy atom. The van der Waals surface area contributed by atoms with Crippen LogP contribution in [0.25, 0.3) is 10.9 Å². The number of nitrogens with two attached hydrogens (primary N) is 1. The van der Waals surface area contributed by atoms with Crippen LogP contribution in [0.5, 0.6) is 0 Å². The molecule has 0 saturated carbocycles. The van der Waals surface area contributed by atoms with Gasteiger partial charge in [-0.05, 0) is 43.3 Å². The van der Waals surface area contributed by atoms with Gasteiger partial charge in [-0.2, -0.15) is 0 Å². The van der Waals surface area contributed by atoms with Crippen LogP contribution in [0, 0.1) is 12.7 Å². The average Bonchev–Trinajstić information content (AvgIpc) is 2.67. The van der Waals surface area contributed by atoms with Crippen LogP contribution in [0.2, 0.25) is 0 Å². The van der Waals surface area contributed by atoms with Crippen molar-refractivity contribution in [1.82, 2.24) is 4.98 Å². The monoisotopic (exact) mass is 400 g/mol. The number of aryl methyl sites for hydroxylation is 1. The first-order valence-corrected chi connectivity index (χ1v) is 10.6. The predicted octanol–water partition coefficient (Wildman–Crippen LogP) is 2.66. The molecule has 3 aromatic rings. The van der Waals surface area contributed by atoms with Gasteiger partial charge in [0.25, 0.3) is 0 Å². The lowest BCUT2D eigenvalue weighted by molar-refractivity contribution is 0.595. The molecule has 0 radical (unpaired) electrons. The lowest BCUT2D eigenvalue weighted by Crippen LogP contribution is -2.47. The highest BCUT2D eigenvalue weighted by molar-refractivity contribution is 7.89. The minimum absolute atomic E-state index is 0.135. The molecule has 4 rings (SSSR count). The van der Waals surface area contributed by atoms with Crippen LogP contribution in [0.15, 0.2) is 53.4 Å². The molecule has 146 valence electrons. The van der Waals surface area contributed by atoms with E-state index in [9.17, 15) is 12.8 Å². The summed E-state index contributed by atoms with van der Waals surface area (Å²) in [7, 11) is -3.79. The zero-order chi connectivity index (χ0) is 19.9. The van der Waals surface area contributed by atoms with Crippen LogP contribution in [0.4, 0.5) is 15.8 Å². The summed E-state index contributed by atoms with van der Waals surface area (Å²) < 4.78 is 37.6. The molecule has 0 unspecified atom stereocenters. The molecule has 0 amide bonds. The van der Waals surface area contributed by atoms with Crippen LogP contribution >= 0.6 is 0 Å². The molecule has 1 aliphatic heterocycles. The van der Waals surface area contributed by atoms with Gasteiger partial charge in [0.15, 0.2) is 0 Å². The standard InChI is InChI=1S/C20H21FN4O2S/c1-14-12-19(16-13-15(21)6-7-17(16)23-14)25-10-8-24(9-11-25)18-4-2-3-5-20(18)28(22,26)27/h2-7,12-13H,8-11H2,1H3,(H2,22,26,27). The topological polar surface area (TPSA) is 79.5 Å². The quantitative estimate of drug-likeness (QED) is 0.731. The molecule has 2 heterocycles. The van der Waals surface area contributed by atoms with E-state index in [1.54, 1.807) is 24.3 Å². The smallest absolute Gasteiger partial charge is 0.240 e. The third-order valence-corrected chi connectivity index (χ3v) is 5.97. The average molecular weight is 400 g/mol. The number of benzene rings is 2. The molecule has 0 aliphatic carbocycles. The number of aromatic nitrogens is 1. The Balaban J connectivity index is 1.63. The molecule has 28 heavy (non-hydrogen) atoms. The van der Waals surface area contributed by atoms with Crippen molar-refractivity contribution in [3.8, 4) is 0 Å². The van der Waals surface area contributed by atoms with E-state index < -0.39 is 10.0 Å². The van der Waals surface area contributed by atoms with Gasteiger partial charge in [-0.3, -0.25) is 4.98 Å².